The largest absolute Gasteiger partial charge is 0.356 e. The standard InChI is InChI=1S/C6H12O2.2CH4/c1-7-6-4-2-3-5-8-6;;/h6H,2-5H2,1H3;2*1H4. The van der Waals surface area contributed by atoms with E-state index in [-0.39, 0.29) is 21.1 Å². The zero-order valence-electron chi connectivity index (χ0n) is 5.22. The highest BCUT2D eigenvalue weighted by Crippen LogP contribution is 2.11. The lowest BCUT2D eigenvalue weighted by atomic mass is 10.2. The quantitative estimate of drug-likeness (QED) is 0.568. The van der Waals surface area contributed by atoms with E-state index in [0.29, 0.717) is 0 Å². The lowest BCUT2D eigenvalue weighted by Crippen LogP contribution is -2.20. The molecule has 2 nitrogen and oxygen atoms in total. The molecule has 0 aromatic rings. The molecular weight excluding hydrogens is 128 g/mol. The molecule has 0 aliphatic carbocycles. The summed E-state index contributed by atoms with van der Waals surface area (Å²) in [6.45, 7) is 0.874. The molecule has 1 heterocycles. The zero-order valence-corrected chi connectivity index (χ0v) is 5.22. The van der Waals surface area contributed by atoms with Crippen molar-refractivity contribution in [2.24, 2.45) is 0 Å². The third kappa shape index (κ3) is 3.85. The number of ether oxygens (including phenoxy) is 2. The smallest absolute Gasteiger partial charge is 0.157 e. The molecule has 0 amide bonds. The zero-order chi connectivity index (χ0) is 5.82. The van der Waals surface area contributed by atoms with Crippen LogP contribution in [0.15, 0.2) is 0 Å². The molecule has 0 aromatic carbocycles. The van der Waals surface area contributed by atoms with E-state index in [4.69, 9.17) is 9.47 Å². The summed E-state index contributed by atoms with van der Waals surface area (Å²) in [7, 11) is 1.69. The molecule has 2 heteroatoms. The van der Waals surface area contributed by atoms with E-state index in [1.165, 1.54) is 12.8 Å². The molecule has 1 aliphatic rings. The van der Waals surface area contributed by atoms with Crippen LogP contribution in [-0.4, -0.2) is 20.0 Å². The summed E-state index contributed by atoms with van der Waals surface area (Å²) in [5, 5.41) is 0. The molecule has 0 N–H and O–H groups in total. The van der Waals surface area contributed by atoms with E-state index in [0.717, 1.165) is 13.0 Å². The Morgan fingerprint density at radius 2 is 2.00 bits per heavy atom. The van der Waals surface area contributed by atoms with Crippen molar-refractivity contribution in [2.45, 2.75) is 40.4 Å². The van der Waals surface area contributed by atoms with E-state index in [1.54, 1.807) is 7.11 Å². The Labute approximate surface area is 64.5 Å². The Morgan fingerprint density at radius 3 is 2.30 bits per heavy atom. The van der Waals surface area contributed by atoms with Crippen LogP contribution in [-0.2, 0) is 9.47 Å². The van der Waals surface area contributed by atoms with Crippen molar-refractivity contribution in [3.63, 3.8) is 0 Å². The molecule has 0 bridgehead atoms. The maximum atomic E-state index is 5.20. The number of rotatable bonds is 1. The highest BCUT2D eigenvalue weighted by Gasteiger charge is 2.10. The number of hydrogen-bond acceptors (Lipinski definition) is 2. The monoisotopic (exact) mass is 148 g/mol. The first-order valence-corrected chi connectivity index (χ1v) is 3.08. The summed E-state index contributed by atoms with van der Waals surface area (Å²) in [5.74, 6) is 0. The molecular formula is C8H20O2. The normalized spacial score (nSPS) is 24.3. The van der Waals surface area contributed by atoms with Gasteiger partial charge in [-0.3, -0.25) is 0 Å². The van der Waals surface area contributed by atoms with Gasteiger partial charge in [0.2, 0.25) is 0 Å². The first-order valence-electron chi connectivity index (χ1n) is 3.08. The van der Waals surface area contributed by atoms with Gasteiger partial charge in [0.25, 0.3) is 0 Å². The van der Waals surface area contributed by atoms with Crippen LogP contribution in [0.5, 0.6) is 0 Å². The van der Waals surface area contributed by atoms with Gasteiger partial charge in [-0.1, -0.05) is 14.9 Å². The molecule has 1 fully saturated rings. The lowest BCUT2D eigenvalue weighted by Gasteiger charge is -2.20. The van der Waals surface area contributed by atoms with Crippen molar-refractivity contribution in [1.82, 2.24) is 0 Å². The summed E-state index contributed by atoms with van der Waals surface area (Å²) in [6, 6.07) is 0. The average Bonchev–Trinajstić information content (AvgIpc) is 1.90. The molecule has 64 valence electrons. The van der Waals surface area contributed by atoms with E-state index in [9.17, 15) is 0 Å². The Balaban J connectivity index is 0. The third-order valence-corrected chi connectivity index (χ3v) is 1.40. The minimum atomic E-state index is 0. The first-order chi connectivity index (χ1) is 3.93. The van der Waals surface area contributed by atoms with Crippen LogP contribution < -0.4 is 0 Å². The second kappa shape index (κ2) is 7.03. The van der Waals surface area contributed by atoms with E-state index < -0.39 is 0 Å². The van der Waals surface area contributed by atoms with Gasteiger partial charge in [-0.05, 0) is 19.3 Å². The van der Waals surface area contributed by atoms with Crippen molar-refractivity contribution < 1.29 is 9.47 Å². The average molecular weight is 148 g/mol. The van der Waals surface area contributed by atoms with Gasteiger partial charge < -0.3 is 9.47 Å². The van der Waals surface area contributed by atoms with Crippen LogP contribution in [0, 0.1) is 0 Å². The van der Waals surface area contributed by atoms with Crippen LogP contribution in [0.25, 0.3) is 0 Å². The van der Waals surface area contributed by atoms with Crippen molar-refractivity contribution in [2.75, 3.05) is 13.7 Å². The summed E-state index contributed by atoms with van der Waals surface area (Å²) in [6.07, 6.45) is 3.60. The van der Waals surface area contributed by atoms with Crippen molar-refractivity contribution in [3.8, 4) is 0 Å². The fourth-order valence-corrected chi connectivity index (χ4v) is 0.897. The minimum absolute atomic E-state index is 0. The van der Waals surface area contributed by atoms with Gasteiger partial charge in [-0.15, -0.1) is 0 Å². The van der Waals surface area contributed by atoms with Gasteiger partial charge in [0, 0.05) is 13.7 Å². The molecule has 1 saturated heterocycles. The fraction of sp³-hybridized carbons (Fsp3) is 1.00. The van der Waals surface area contributed by atoms with Crippen molar-refractivity contribution in [3.05, 3.63) is 0 Å². The number of methoxy groups -OCH3 is 1. The Hall–Kier alpha value is -0.0800. The molecule has 0 aromatic heterocycles. The third-order valence-electron chi connectivity index (χ3n) is 1.40. The molecule has 1 rings (SSSR count). The summed E-state index contributed by atoms with van der Waals surface area (Å²) >= 11 is 0. The molecule has 10 heavy (non-hydrogen) atoms. The molecule has 0 spiro atoms. The van der Waals surface area contributed by atoms with Gasteiger partial charge in [-0.2, -0.15) is 0 Å². The molecule has 1 unspecified atom stereocenters. The van der Waals surface area contributed by atoms with E-state index in [1.807, 2.05) is 0 Å². The fourth-order valence-electron chi connectivity index (χ4n) is 0.897. The van der Waals surface area contributed by atoms with Crippen LogP contribution in [0.1, 0.15) is 34.1 Å². The van der Waals surface area contributed by atoms with Crippen molar-refractivity contribution >= 4 is 0 Å². The van der Waals surface area contributed by atoms with Gasteiger partial charge in [0.15, 0.2) is 6.29 Å². The van der Waals surface area contributed by atoms with Crippen molar-refractivity contribution in [1.29, 1.82) is 0 Å². The minimum Gasteiger partial charge on any atom is -0.356 e. The van der Waals surface area contributed by atoms with Crippen LogP contribution >= 0.6 is 0 Å². The van der Waals surface area contributed by atoms with Gasteiger partial charge in [0.1, 0.15) is 0 Å². The molecule has 1 atom stereocenters. The van der Waals surface area contributed by atoms with Gasteiger partial charge in [0.05, 0.1) is 0 Å². The highest BCUT2D eigenvalue weighted by molar-refractivity contribution is 4.52. The number of hydrogen-bond donors (Lipinski definition) is 0. The SMILES string of the molecule is C.C.COC1CCCCO1. The highest BCUT2D eigenvalue weighted by atomic mass is 16.7. The van der Waals surface area contributed by atoms with Gasteiger partial charge >= 0.3 is 0 Å². The first kappa shape index (κ1) is 12.6. The topological polar surface area (TPSA) is 18.5 Å². The van der Waals surface area contributed by atoms with Crippen LogP contribution in [0.3, 0.4) is 0 Å². The Bertz CT molecular complexity index is 58.3. The molecule has 0 radical (unpaired) electrons. The van der Waals surface area contributed by atoms with E-state index >= 15 is 0 Å². The summed E-state index contributed by atoms with van der Waals surface area (Å²) in [5.41, 5.74) is 0. The van der Waals surface area contributed by atoms with Crippen LogP contribution in [0.2, 0.25) is 0 Å². The predicted molar refractivity (Wildman–Crippen MR) is 44.1 cm³/mol. The Kier molecular flexibility index (Phi) is 8.85. The summed E-state index contributed by atoms with van der Waals surface area (Å²) < 4.78 is 10.2. The molecule has 1 aliphatic heterocycles. The maximum absolute atomic E-state index is 5.20. The van der Waals surface area contributed by atoms with E-state index in [2.05, 4.69) is 0 Å². The second-order valence-corrected chi connectivity index (χ2v) is 2.03. The Morgan fingerprint density at radius 1 is 1.30 bits per heavy atom. The summed E-state index contributed by atoms with van der Waals surface area (Å²) in [4.78, 5) is 0. The second-order valence-electron chi connectivity index (χ2n) is 2.03. The maximum Gasteiger partial charge on any atom is 0.157 e. The van der Waals surface area contributed by atoms with Gasteiger partial charge in [-0.25, -0.2) is 0 Å². The predicted octanol–water partition coefficient (Wildman–Crippen LogP) is 2.43. The van der Waals surface area contributed by atoms with Crippen LogP contribution in [0.4, 0.5) is 0 Å². The lowest BCUT2D eigenvalue weighted by molar-refractivity contribution is -0.145. The molecule has 0 saturated carbocycles.